The van der Waals surface area contributed by atoms with Crippen LogP contribution in [0.15, 0.2) is 64.4 Å². The summed E-state index contributed by atoms with van der Waals surface area (Å²) in [6.45, 7) is 2.56. The highest BCUT2D eigenvalue weighted by Crippen LogP contribution is 2.33. The zero-order valence-electron chi connectivity index (χ0n) is 16.9. The minimum Gasteiger partial charge on any atom is -0.497 e. The molecule has 2 aromatic heterocycles. The van der Waals surface area contributed by atoms with Crippen molar-refractivity contribution in [2.45, 2.75) is 32.4 Å². The number of rotatable bonds is 5. The van der Waals surface area contributed by atoms with Crippen molar-refractivity contribution in [2.75, 3.05) is 7.11 Å². The van der Waals surface area contributed by atoms with E-state index in [9.17, 15) is 9.59 Å². The second-order valence-corrected chi connectivity index (χ2v) is 7.70. The van der Waals surface area contributed by atoms with Crippen molar-refractivity contribution in [1.82, 2.24) is 18.7 Å². The molecule has 0 atom stereocenters. The van der Waals surface area contributed by atoms with E-state index in [4.69, 9.17) is 4.74 Å². The van der Waals surface area contributed by atoms with E-state index in [1.165, 1.54) is 9.13 Å². The van der Waals surface area contributed by atoms with Crippen molar-refractivity contribution >= 4 is 11.2 Å². The van der Waals surface area contributed by atoms with Gasteiger partial charge in [-0.2, -0.15) is 0 Å². The van der Waals surface area contributed by atoms with Gasteiger partial charge in [0.2, 0.25) is 0 Å². The first-order valence-corrected chi connectivity index (χ1v) is 10.00. The molecule has 1 aliphatic rings. The van der Waals surface area contributed by atoms with Crippen LogP contribution in [0.25, 0.3) is 16.9 Å². The standard InChI is InChI=1S/C23H22N4O3/c1-15-6-3-4-7-16(15)13-25-14-24-21-20(25)22(28)27(17-10-11-17)23(29)26(21)18-8-5-9-19(12-18)30-2/h3-9,12,14,17H,10-11,13H2,1-2H3. The molecule has 7 nitrogen and oxygen atoms in total. The van der Waals surface area contributed by atoms with Crippen molar-refractivity contribution in [1.29, 1.82) is 0 Å². The van der Waals surface area contributed by atoms with E-state index in [2.05, 4.69) is 4.98 Å². The van der Waals surface area contributed by atoms with Crippen molar-refractivity contribution < 1.29 is 4.74 Å². The normalized spacial score (nSPS) is 13.7. The zero-order chi connectivity index (χ0) is 20.8. The summed E-state index contributed by atoms with van der Waals surface area (Å²) in [6, 6.07) is 15.3. The molecule has 0 bridgehead atoms. The van der Waals surface area contributed by atoms with Crippen molar-refractivity contribution in [3.05, 3.63) is 86.8 Å². The molecule has 0 radical (unpaired) electrons. The topological polar surface area (TPSA) is 71.1 Å². The fourth-order valence-electron chi connectivity index (χ4n) is 3.88. The number of aryl methyl sites for hydroxylation is 1. The van der Waals surface area contributed by atoms with Gasteiger partial charge in [-0.25, -0.2) is 14.3 Å². The van der Waals surface area contributed by atoms with Gasteiger partial charge in [-0.15, -0.1) is 0 Å². The van der Waals surface area contributed by atoms with Crippen LogP contribution in [0.2, 0.25) is 0 Å². The Morgan fingerprint density at radius 3 is 2.63 bits per heavy atom. The van der Waals surface area contributed by atoms with E-state index in [-0.39, 0.29) is 17.3 Å². The van der Waals surface area contributed by atoms with Crippen molar-refractivity contribution in [2.24, 2.45) is 0 Å². The summed E-state index contributed by atoms with van der Waals surface area (Å²) in [5.74, 6) is 0.635. The fourth-order valence-corrected chi connectivity index (χ4v) is 3.88. The third-order valence-corrected chi connectivity index (χ3v) is 5.67. The summed E-state index contributed by atoms with van der Waals surface area (Å²) in [5, 5.41) is 0. The predicted octanol–water partition coefficient (Wildman–Crippen LogP) is 3.05. The molecule has 7 heteroatoms. The number of hydrogen-bond acceptors (Lipinski definition) is 4. The summed E-state index contributed by atoms with van der Waals surface area (Å²) in [6.07, 6.45) is 3.32. The summed E-state index contributed by atoms with van der Waals surface area (Å²) in [7, 11) is 1.58. The summed E-state index contributed by atoms with van der Waals surface area (Å²) >= 11 is 0. The highest BCUT2D eigenvalue weighted by molar-refractivity contribution is 5.72. The fraction of sp³-hybridized carbons (Fsp3) is 0.261. The number of benzene rings is 2. The van der Waals surface area contributed by atoms with Crippen LogP contribution in [0.4, 0.5) is 0 Å². The number of methoxy groups -OCH3 is 1. The quantitative estimate of drug-likeness (QED) is 0.514. The van der Waals surface area contributed by atoms with E-state index in [0.29, 0.717) is 29.1 Å². The molecule has 0 unspecified atom stereocenters. The molecule has 1 saturated carbocycles. The molecule has 0 N–H and O–H groups in total. The lowest BCUT2D eigenvalue weighted by Crippen LogP contribution is -2.39. The first-order chi connectivity index (χ1) is 14.6. The molecule has 4 aromatic rings. The predicted molar refractivity (Wildman–Crippen MR) is 115 cm³/mol. The molecule has 1 aliphatic carbocycles. The largest absolute Gasteiger partial charge is 0.497 e. The second kappa shape index (κ2) is 7.02. The Bertz CT molecular complexity index is 1380. The van der Waals surface area contributed by atoms with Crippen LogP contribution in [-0.2, 0) is 6.54 Å². The van der Waals surface area contributed by atoms with E-state index < -0.39 is 0 Å². The lowest BCUT2D eigenvalue weighted by Gasteiger charge is -2.13. The van der Waals surface area contributed by atoms with Gasteiger partial charge < -0.3 is 9.30 Å². The maximum atomic E-state index is 13.4. The zero-order valence-corrected chi connectivity index (χ0v) is 16.9. The van der Waals surface area contributed by atoms with Gasteiger partial charge in [0.15, 0.2) is 11.2 Å². The Morgan fingerprint density at radius 1 is 1.10 bits per heavy atom. The molecule has 2 heterocycles. The first kappa shape index (κ1) is 18.4. The van der Waals surface area contributed by atoms with Gasteiger partial charge in [-0.05, 0) is 43.0 Å². The molecule has 0 amide bonds. The molecule has 1 fully saturated rings. The third kappa shape index (κ3) is 2.94. The van der Waals surface area contributed by atoms with Crippen LogP contribution in [0, 0.1) is 6.92 Å². The molecule has 0 spiro atoms. The Kier molecular flexibility index (Phi) is 4.31. The molecular weight excluding hydrogens is 380 g/mol. The second-order valence-electron chi connectivity index (χ2n) is 7.70. The van der Waals surface area contributed by atoms with Crippen LogP contribution in [0.1, 0.15) is 30.0 Å². The van der Waals surface area contributed by atoms with Gasteiger partial charge in [0, 0.05) is 18.7 Å². The number of hydrogen-bond donors (Lipinski definition) is 0. The molecule has 0 saturated heterocycles. The SMILES string of the molecule is COc1cccc(-n2c(=O)n(C3CC3)c(=O)c3c2ncn3Cc2ccccc2C)c1. The van der Waals surface area contributed by atoms with Crippen LogP contribution >= 0.6 is 0 Å². The summed E-state index contributed by atoms with van der Waals surface area (Å²) < 4.78 is 10.1. The third-order valence-electron chi connectivity index (χ3n) is 5.67. The lowest BCUT2D eigenvalue weighted by molar-refractivity contribution is 0.414. The van der Waals surface area contributed by atoms with Gasteiger partial charge in [-0.1, -0.05) is 30.3 Å². The number of fused-ring (bicyclic) bond motifs is 1. The van der Waals surface area contributed by atoms with Gasteiger partial charge >= 0.3 is 5.69 Å². The van der Waals surface area contributed by atoms with Crippen molar-refractivity contribution in [3.63, 3.8) is 0 Å². The van der Waals surface area contributed by atoms with Crippen LogP contribution in [-0.4, -0.2) is 25.8 Å². The van der Waals surface area contributed by atoms with Gasteiger partial charge in [0.1, 0.15) is 5.75 Å². The van der Waals surface area contributed by atoms with Crippen LogP contribution < -0.4 is 16.0 Å². The Morgan fingerprint density at radius 2 is 1.90 bits per heavy atom. The maximum absolute atomic E-state index is 13.4. The first-order valence-electron chi connectivity index (χ1n) is 10.00. The van der Waals surface area contributed by atoms with Crippen LogP contribution in [0.3, 0.4) is 0 Å². The lowest BCUT2D eigenvalue weighted by atomic mass is 10.1. The minimum atomic E-state index is -0.357. The van der Waals surface area contributed by atoms with Crippen LogP contribution in [0.5, 0.6) is 5.75 Å². The highest BCUT2D eigenvalue weighted by atomic mass is 16.5. The number of ether oxygens (including phenoxy) is 1. The number of aromatic nitrogens is 4. The van der Waals surface area contributed by atoms with Crippen molar-refractivity contribution in [3.8, 4) is 11.4 Å². The van der Waals surface area contributed by atoms with E-state index in [1.807, 2.05) is 54.0 Å². The van der Waals surface area contributed by atoms with Gasteiger partial charge in [0.25, 0.3) is 5.56 Å². The van der Waals surface area contributed by atoms with E-state index in [0.717, 1.165) is 24.0 Å². The van der Waals surface area contributed by atoms with E-state index in [1.54, 1.807) is 19.5 Å². The Labute approximate surface area is 172 Å². The average molecular weight is 402 g/mol. The molecule has 30 heavy (non-hydrogen) atoms. The van der Waals surface area contributed by atoms with E-state index >= 15 is 0 Å². The average Bonchev–Trinajstić information content (AvgIpc) is 3.50. The molecule has 5 rings (SSSR count). The molecular formula is C23H22N4O3. The summed E-state index contributed by atoms with van der Waals surface area (Å²) in [5.41, 5.74) is 3.04. The highest BCUT2D eigenvalue weighted by Gasteiger charge is 2.30. The monoisotopic (exact) mass is 402 g/mol. The molecule has 2 aromatic carbocycles. The minimum absolute atomic E-state index is 0.0481. The smallest absolute Gasteiger partial charge is 0.337 e. The number of nitrogens with zero attached hydrogens (tertiary/aromatic N) is 4. The Balaban J connectivity index is 1.78. The maximum Gasteiger partial charge on any atom is 0.337 e. The molecule has 0 aliphatic heterocycles. The Hall–Kier alpha value is -3.61. The van der Waals surface area contributed by atoms with Gasteiger partial charge in [-0.3, -0.25) is 9.36 Å². The number of imidazole rings is 1. The summed E-state index contributed by atoms with van der Waals surface area (Å²) in [4.78, 5) is 31.2. The van der Waals surface area contributed by atoms with Gasteiger partial charge in [0.05, 0.1) is 19.1 Å². The molecule has 152 valence electrons.